The molecule has 0 bridgehead atoms. The van der Waals surface area contributed by atoms with E-state index in [-0.39, 0.29) is 11.5 Å². The van der Waals surface area contributed by atoms with E-state index in [9.17, 15) is 14.7 Å². The maximum Gasteiger partial charge on any atom is 0.336 e. The van der Waals surface area contributed by atoms with E-state index in [1.54, 1.807) is 4.90 Å². The molecule has 4 rings (SSSR count). The number of aromatic carboxylic acids is 1. The van der Waals surface area contributed by atoms with E-state index in [4.69, 9.17) is 0 Å². The fourth-order valence-electron chi connectivity index (χ4n) is 3.30. The first-order valence-electron chi connectivity index (χ1n) is 8.05. The van der Waals surface area contributed by atoms with Crippen LogP contribution in [0.5, 0.6) is 0 Å². The molecule has 1 aliphatic heterocycles. The molecular formula is C20H16N2O3. The first-order valence-corrected chi connectivity index (χ1v) is 8.05. The minimum Gasteiger partial charge on any atom is -0.478 e. The van der Waals surface area contributed by atoms with Crippen molar-refractivity contribution in [2.45, 2.75) is 6.42 Å². The summed E-state index contributed by atoms with van der Waals surface area (Å²) >= 11 is 0. The number of benzene rings is 2. The smallest absolute Gasteiger partial charge is 0.336 e. The van der Waals surface area contributed by atoms with Crippen LogP contribution in [0.4, 0.5) is 0 Å². The van der Waals surface area contributed by atoms with Gasteiger partial charge in [0.1, 0.15) is 0 Å². The van der Waals surface area contributed by atoms with Crippen molar-refractivity contribution in [2.75, 3.05) is 13.6 Å². The highest BCUT2D eigenvalue weighted by Gasteiger charge is 2.21. The number of rotatable bonds is 2. The molecule has 0 saturated heterocycles. The minimum absolute atomic E-state index is 0.0451. The van der Waals surface area contributed by atoms with Crippen LogP contribution in [0, 0.1) is 0 Å². The predicted octanol–water partition coefficient (Wildman–Crippen LogP) is 3.23. The number of carboxylic acids is 1. The molecular weight excluding hydrogens is 316 g/mol. The van der Waals surface area contributed by atoms with Gasteiger partial charge in [0.05, 0.1) is 11.1 Å². The van der Waals surface area contributed by atoms with Crippen molar-refractivity contribution in [3.05, 3.63) is 65.4 Å². The third-order valence-electron chi connectivity index (χ3n) is 4.70. The Morgan fingerprint density at radius 3 is 2.68 bits per heavy atom. The highest BCUT2D eigenvalue weighted by Crippen LogP contribution is 2.29. The van der Waals surface area contributed by atoms with E-state index < -0.39 is 5.97 Å². The number of likely N-dealkylation sites (N-methyl/N-ethyl adjacent to an activating group) is 1. The van der Waals surface area contributed by atoms with Crippen molar-refractivity contribution in [2.24, 2.45) is 0 Å². The largest absolute Gasteiger partial charge is 0.478 e. The zero-order valence-corrected chi connectivity index (χ0v) is 13.7. The number of carbonyl (C=O) groups is 2. The SMILES string of the molecule is CN1CCc2cc(-c3ccc4nccc(C(=O)O)c4c3)ccc2C1=O. The molecule has 2 heterocycles. The fourth-order valence-corrected chi connectivity index (χ4v) is 3.30. The molecule has 5 nitrogen and oxygen atoms in total. The van der Waals surface area contributed by atoms with Gasteiger partial charge in [-0.15, -0.1) is 0 Å². The summed E-state index contributed by atoms with van der Waals surface area (Å²) in [5.41, 5.74) is 4.55. The normalized spacial score (nSPS) is 13.8. The van der Waals surface area contributed by atoms with E-state index in [0.717, 1.165) is 28.7 Å². The van der Waals surface area contributed by atoms with Gasteiger partial charge in [-0.1, -0.05) is 18.2 Å². The molecule has 5 heteroatoms. The van der Waals surface area contributed by atoms with Gasteiger partial charge in [0.25, 0.3) is 5.91 Å². The van der Waals surface area contributed by atoms with Gasteiger partial charge in [-0.25, -0.2) is 4.79 Å². The highest BCUT2D eigenvalue weighted by molar-refractivity contribution is 6.03. The summed E-state index contributed by atoms with van der Waals surface area (Å²) in [4.78, 5) is 29.6. The Balaban J connectivity index is 1.84. The lowest BCUT2D eigenvalue weighted by molar-refractivity contribution is 0.0698. The topological polar surface area (TPSA) is 70.5 Å². The third kappa shape index (κ3) is 2.54. The van der Waals surface area contributed by atoms with Crippen LogP contribution >= 0.6 is 0 Å². The van der Waals surface area contributed by atoms with Gasteiger partial charge in [-0.05, 0) is 47.4 Å². The van der Waals surface area contributed by atoms with E-state index >= 15 is 0 Å². The molecule has 1 aliphatic rings. The average Bonchev–Trinajstić information content (AvgIpc) is 2.63. The molecule has 0 aliphatic carbocycles. The van der Waals surface area contributed by atoms with E-state index in [2.05, 4.69) is 4.98 Å². The predicted molar refractivity (Wildman–Crippen MR) is 94.8 cm³/mol. The standard InChI is InChI=1S/C20H16N2O3/c1-22-9-7-14-10-12(2-4-15(14)19(22)23)13-3-5-18-17(11-13)16(20(24)25)6-8-21-18/h2-6,8,10-11H,7,9H2,1H3,(H,24,25). The maximum absolute atomic E-state index is 12.2. The molecule has 3 aromatic rings. The summed E-state index contributed by atoms with van der Waals surface area (Å²) in [5, 5.41) is 10.00. The van der Waals surface area contributed by atoms with Gasteiger partial charge < -0.3 is 10.0 Å². The van der Waals surface area contributed by atoms with Crippen LogP contribution in [-0.4, -0.2) is 40.5 Å². The third-order valence-corrected chi connectivity index (χ3v) is 4.70. The number of carboxylic acid groups (broad SMARTS) is 1. The second-order valence-electron chi connectivity index (χ2n) is 6.24. The number of carbonyl (C=O) groups excluding carboxylic acids is 1. The molecule has 0 radical (unpaired) electrons. The van der Waals surface area contributed by atoms with Crippen molar-refractivity contribution in [1.29, 1.82) is 0 Å². The van der Waals surface area contributed by atoms with Crippen molar-refractivity contribution in [3.63, 3.8) is 0 Å². The summed E-state index contributed by atoms with van der Waals surface area (Å²) in [6.45, 7) is 0.708. The molecule has 0 spiro atoms. The van der Waals surface area contributed by atoms with Crippen molar-refractivity contribution < 1.29 is 14.7 Å². The molecule has 1 aromatic heterocycles. The Morgan fingerprint density at radius 2 is 1.88 bits per heavy atom. The molecule has 25 heavy (non-hydrogen) atoms. The van der Waals surface area contributed by atoms with Gasteiger partial charge in [0.15, 0.2) is 0 Å². The molecule has 1 amide bonds. The number of fused-ring (bicyclic) bond motifs is 2. The van der Waals surface area contributed by atoms with Crippen molar-refractivity contribution in [3.8, 4) is 11.1 Å². The lowest BCUT2D eigenvalue weighted by Crippen LogP contribution is -2.34. The molecule has 0 unspecified atom stereocenters. The fraction of sp³-hybridized carbons (Fsp3) is 0.150. The van der Waals surface area contributed by atoms with Gasteiger partial charge in [-0.2, -0.15) is 0 Å². The summed E-state index contributed by atoms with van der Waals surface area (Å²) in [6, 6.07) is 12.9. The first-order chi connectivity index (χ1) is 12.0. The Labute approximate surface area is 144 Å². The van der Waals surface area contributed by atoms with Gasteiger partial charge >= 0.3 is 5.97 Å². The number of hydrogen-bond acceptors (Lipinski definition) is 3. The van der Waals surface area contributed by atoms with Gasteiger partial charge in [-0.3, -0.25) is 9.78 Å². The zero-order valence-electron chi connectivity index (χ0n) is 13.7. The number of pyridine rings is 1. The minimum atomic E-state index is -0.969. The first kappa shape index (κ1) is 15.3. The summed E-state index contributed by atoms with van der Waals surface area (Å²) < 4.78 is 0. The summed E-state index contributed by atoms with van der Waals surface area (Å²) in [6.07, 6.45) is 2.33. The van der Waals surface area contributed by atoms with Crippen LogP contribution < -0.4 is 0 Å². The monoisotopic (exact) mass is 332 g/mol. The molecule has 2 aromatic carbocycles. The Bertz CT molecular complexity index is 1030. The van der Waals surface area contributed by atoms with Crippen LogP contribution in [0.1, 0.15) is 26.3 Å². The molecule has 0 fully saturated rings. The quantitative estimate of drug-likeness (QED) is 0.782. The van der Waals surface area contributed by atoms with Gasteiger partial charge in [0.2, 0.25) is 0 Å². The van der Waals surface area contributed by atoms with E-state index in [0.29, 0.717) is 17.4 Å². The summed E-state index contributed by atoms with van der Waals surface area (Å²) in [7, 11) is 1.81. The van der Waals surface area contributed by atoms with Crippen LogP contribution in [0.2, 0.25) is 0 Å². The zero-order chi connectivity index (χ0) is 17.6. The van der Waals surface area contributed by atoms with Crippen LogP contribution in [0.3, 0.4) is 0 Å². The van der Waals surface area contributed by atoms with Crippen LogP contribution in [0.15, 0.2) is 48.7 Å². The Hall–Kier alpha value is -3.21. The van der Waals surface area contributed by atoms with Gasteiger partial charge in [0, 0.05) is 30.7 Å². The second-order valence-corrected chi connectivity index (χ2v) is 6.24. The van der Waals surface area contributed by atoms with E-state index in [1.165, 1.54) is 12.3 Å². The molecule has 0 atom stereocenters. The number of hydrogen-bond donors (Lipinski definition) is 1. The molecule has 0 saturated carbocycles. The maximum atomic E-state index is 12.2. The summed E-state index contributed by atoms with van der Waals surface area (Å²) in [5.74, 6) is -0.924. The second kappa shape index (κ2) is 5.70. The number of amides is 1. The highest BCUT2D eigenvalue weighted by atomic mass is 16.4. The lowest BCUT2D eigenvalue weighted by Gasteiger charge is -2.25. The molecule has 1 N–H and O–H groups in total. The lowest BCUT2D eigenvalue weighted by atomic mass is 9.93. The Kier molecular flexibility index (Phi) is 3.50. The average molecular weight is 332 g/mol. The van der Waals surface area contributed by atoms with Crippen LogP contribution in [0.25, 0.3) is 22.0 Å². The van der Waals surface area contributed by atoms with Crippen molar-refractivity contribution >= 4 is 22.8 Å². The Morgan fingerprint density at radius 1 is 1.12 bits per heavy atom. The number of aromatic nitrogens is 1. The molecule has 124 valence electrons. The van der Waals surface area contributed by atoms with Crippen LogP contribution in [-0.2, 0) is 6.42 Å². The van der Waals surface area contributed by atoms with Crippen molar-refractivity contribution in [1.82, 2.24) is 9.88 Å². The number of nitrogens with zero attached hydrogens (tertiary/aromatic N) is 2. The van der Waals surface area contributed by atoms with E-state index in [1.807, 2.05) is 43.4 Å².